The number of rotatable bonds is 3. The SMILES string of the molecule is Cc1ccc(S(=O)(=O)N2CCCN(C(=O)c3cnn4c(C)cc(C)nc34)CC2)cc1. The molecule has 0 aliphatic carbocycles. The third kappa shape index (κ3) is 3.70. The van der Waals surface area contributed by atoms with E-state index >= 15 is 0 Å². The average molecular weight is 428 g/mol. The molecule has 3 aromatic rings. The molecule has 0 atom stereocenters. The highest BCUT2D eigenvalue weighted by Crippen LogP contribution is 2.20. The van der Waals surface area contributed by atoms with Gasteiger partial charge in [0, 0.05) is 37.6 Å². The van der Waals surface area contributed by atoms with Crippen molar-refractivity contribution in [2.24, 2.45) is 0 Å². The number of hydrogen-bond donors (Lipinski definition) is 0. The number of aryl methyl sites for hydroxylation is 3. The van der Waals surface area contributed by atoms with Crippen LogP contribution in [-0.4, -0.2) is 64.3 Å². The highest BCUT2D eigenvalue weighted by Gasteiger charge is 2.29. The van der Waals surface area contributed by atoms with Gasteiger partial charge in [0.05, 0.1) is 11.1 Å². The number of aromatic nitrogens is 3. The Hall–Kier alpha value is -2.78. The van der Waals surface area contributed by atoms with E-state index in [1.54, 1.807) is 39.9 Å². The maximum atomic E-state index is 13.2. The number of fused-ring (bicyclic) bond motifs is 1. The lowest BCUT2D eigenvalue weighted by Gasteiger charge is -2.21. The van der Waals surface area contributed by atoms with Crippen LogP contribution < -0.4 is 0 Å². The lowest BCUT2D eigenvalue weighted by Crippen LogP contribution is -2.37. The monoisotopic (exact) mass is 427 g/mol. The van der Waals surface area contributed by atoms with Gasteiger partial charge in [-0.3, -0.25) is 4.79 Å². The molecule has 30 heavy (non-hydrogen) atoms. The summed E-state index contributed by atoms with van der Waals surface area (Å²) in [5.74, 6) is -0.169. The van der Waals surface area contributed by atoms with E-state index < -0.39 is 10.0 Å². The summed E-state index contributed by atoms with van der Waals surface area (Å²) in [6, 6.07) is 8.76. The van der Waals surface area contributed by atoms with Gasteiger partial charge in [0.2, 0.25) is 10.0 Å². The standard InChI is InChI=1S/C21H25N5O3S/c1-15-5-7-18(8-6-15)30(28,29)25-10-4-9-24(11-12-25)21(27)19-14-22-26-17(3)13-16(2)23-20(19)26/h5-8,13-14H,4,9-12H2,1-3H3. The Kier molecular flexibility index (Phi) is 5.33. The van der Waals surface area contributed by atoms with Crippen LogP contribution in [0.2, 0.25) is 0 Å². The second-order valence-electron chi connectivity index (χ2n) is 7.70. The van der Waals surface area contributed by atoms with Gasteiger partial charge in [-0.1, -0.05) is 17.7 Å². The molecule has 158 valence electrons. The van der Waals surface area contributed by atoms with Crippen molar-refractivity contribution in [3.05, 3.63) is 59.0 Å². The molecule has 2 aromatic heterocycles. The van der Waals surface area contributed by atoms with Crippen molar-refractivity contribution < 1.29 is 13.2 Å². The summed E-state index contributed by atoms with van der Waals surface area (Å²) < 4.78 is 29.1. The van der Waals surface area contributed by atoms with E-state index in [2.05, 4.69) is 10.1 Å². The van der Waals surface area contributed by atoms with Crippen LogP contribution in [0.1, 0.15) is 33.7 Å². The van der Waals surface area contributed by atoms with Crippen LogP contribution in [0.4, 0.5) is 0 Å². The van der Waals surface area contributed by atoms with E-state index in [1.807, 2.05) is 26.8 Å². The molecule has 0 radical (unpaired) electrons. The Morgan fingerprint density at radius 1 is 1.00 bits per heavy atom. The molecule has 1 aliphatic heterocycles. The second kappa shape index (κ2) is 7.81. The van der Waals surface area contributed by atoms with Crippen LogP contribution in [0.15, 0.2) is 41.4 Å². The van der Waals surface area contributed by atoms with Gasteiger partial charge in [0.25, 0.3) is 5.91 Å². The van der Waals surface area contributed by atoms with Crippen LogP contribution in [-0.2, 0) is 10.0 Å². The summed E-state index contributed by atoms with van der Waals surface area (Å²) in [4.78, 5) is 19.6. The minimum Gasteiger partial charge on any atom is -0.337 e. The highest BCUT2D eigenvalue weighted by molar-refractivity contribution is 7.89. The molecule has 9 heteroatoms. The van der Waals surface area contributed by atoms with Crippen molar-refractivity contribution in [1.82, 2.24) is 23.8 Å². The maximum Gasteiger partial charge on any atom is 0.259 e. The lowest BCUT2D eigenvalue weighted by molar-refractivity contribution is 0.0766. The van der Waals surface area contributed by atoms with E-state index in [0.717, 1.165) is 17.0 Å². The Bertz CT molecular complexity index is 1200. The van der Waals surface area contributed by atoms with E-state index in [0.29, 0.717) is 37.3 Å². The van der Waals surface area contributed by atoms with Crippen LogP contribution in [0.25, 0.3) is 5.65 Å². The smallest absolute Gasteiger partial charge is 0.259 e. The molecule has 4 rings (SSSR count). The number of nitrogens with zero attached hydrogens (tertiary/aromatic N) is 5. The Labute approximate surface area is 176 Å². The Morgan fingerprint density at radius 2 is 1.73 bits per heavy atom. The number of sulfonamides is 1. The third-order valence-corrected chi connectivity index (χ3v) is 7.32. The summed E-state index contributed by atoms with van der Waals surface area (Å²) in [6.45, 7) is 7.17. The van der Waals surface area contributed by atoms with Crippen molar-refractivity contribution in [2.45, 2.75) is 32.1 Å². The van der Waals surface area contributed by atoms with Crippen molar-refractivity contribution in [2.75, 3.05) is 26.2 Å². The topological polar surface area (TPSA) is 87.9 Å². The van der Waals surface area contributed by atoms with Crippen molar-refractivity contribution in [1.29, 1.82) is 0 Å². The zero-order chi connectivity index (χ0) is 21.5. The van der Waals surface area contributed by atoms with Gasteiger partial charge in [-0.05, 0) is 45.4 Å². The quantitative estimate of drug-likeness (QED) is 0.639. The predicted molar refractivity (Wildman–Crippen MR) is 113 cm³/mol. The number of carbonyl (C=O) groups is 1. The number of benzene rings is 1. The minimum atomic E-state index is -3.58. The maximum absolute atomic E-state index is 13.2. The highest BCUT2D eigenvalue weighted by atomic mass is 32.2. The van der Waals surface area contributed by atoms with Gasteiger partial charge in [0.15, 0.2) is 5.65 Å². The molecular weight excluding hydrogens is 402 g/mol. The van der Waals surface area contributed by atoms with Gasteiger partial charge in [-0.15, -0.1) is 0 Å². The van der Waals surface area contributed by atoms with Gasteiger partial charge in [-0.2, -0.15) is 9.40 Å². The summed E-state index contributed by atoms with van der Waals surface area (Å²) >= 11 is 0. The Morgan fingerprint density at radius 3 is 2.47 bits per heavy atom. The third-order valence-electron chi connectivity index (χ3n) is 5.41. The van der Waals surface area contributed by atoms with E-state index in [-0.39, 0.29) is 17.3 Å². The zero-order valence-corrected chi connectivity index (χ0v) is 18.2. The van der Waals surface area contributed by atoms with Crippen LogP contribution >= 0.6 is 0 Å². The van der Waals surface area contributed by atoms with Crippen LogP contribution in [0.3, 0.4) is 0 Å². The molecular formula is C21H25N5O3S. The lowest BCUT2D eigenvalue weighted by atomic mass is 10.2. The van der Waals surface area contributed by atoms with Crippen molar-refractivity contribution >= 4 is 21.6 Å². The second-order valence-corrected chi connectivity index (χ2v) is 9.63. The molecule has 8 nitrogen and oxygen atoms in total. The number of hydrogen-bond acceptors (Lipinski definition) is 5. The van der Waals surface area contributed by atoms with Gasteiger partial charge < -0.3 is 4.90 Å². The van der Waals surface area contributed by atoms with Gasteiger partial charge in [0.1, 0.15) is 5.56 Å². The van der Waals surface area contributed by atoms with Crippen molar-refractivity contribution in [3.8, 4) is 0 Å². The predicted octanol–water partition coefficient (Wildman–Crippen LogP) is 2.19. The molecule has 0 bridgehead atoms. The summed E-state index contributed by atoms with van der Waals surface area (Å²) in [7, 11) is -3.58. The molecule has 0 spiro atoms. The molecule has 3 heterocycles. The fraction of sp³-hybridized carbons (Fsp3) is 0.381. The normalized spacial score (nSPS) is 16.0. The minimum absolute atomic E-state index is 0.169. The van der Waals surface area contributed by atoms with Crippen LogP contribution in [0.5, 0.6) is 0 Å². The fourth-order valence-corrected chi connectivity index (χ4v) is 5.26. The molecule has 1 amide bonds. The summed E-state index contributed by atoms with van der Waals surface area (Å²) in [6.07, 6.45) is 2.12. The first-order valence-electron chi connectivity index (χ1n) is 9.95. The largest absolute Gasteiger partial charge is 0.337 e. The number of carbonyl (C=O) groups excluding carboxylic acids is 1. The van der Waals surface area contributed by atoms with Gasteiger partial charge in [-0.25, -0.2) is 17.9 Å². The zero-order valence-electron chi connectivity index (χ0n) is 17.4. The fourth-order valence-electron chi connectivity index (χ4n) is 3.79. The summed E-state index contributed by atoms with van der Waals surface area (Å²) in [5.41, 5.74) is 3.71. The molecule has 1 fully saturated rings. The number of amides is 1. The summed E-state index contributed by atoms with van der Waals surface area (Å²) in [5, 5.41) is 4.30. The first-order valence-corrected chi connectivity index (χ1v) is 11.4. The van der Waals surface area contributed by atoms with Crippen molar-refractivity contribution in [3.63, 3.8) is 0 Å². The molecule has 0 N–H and O–H groups in total. The molecule has 0 saturated carbocycles. The first-order chi connectivity index (χ1) is 14.3. The van der Waals surface area contributed by atoms with E-state index in [1.165, 1.54) is 4.31 Å². The first kappa shape index (κ1) is 20.5. The average Bonchev–Trinajstić information content (AvgIpc) is 2.96. The van der Waals surface area contributed by atoms with E-state index in [4.69, 9.17) is 0 Å². The molecule has 0 unspecified atom stereocenters. The van der Waals surface area contributed by atoms with Gasteiger partial charge >= 0.3 is 0 Å². The Balaban J connectivity index is 1.55. The molecule has 1 saturated heterocycles. The molecule has 1 aliphatic rings. The molecule has 1 aromatic carbocycles. The van der Waals surface area contributed by atoms with E-state index in [9.17, 15) is 13.2 Å². The van der Waals surface area contributed by atoms with Crippen LogP contribution in [0, 0.1) is 20.8 Å².